The molecule has 0 unspecified atom stereocenters. The van der Waals surface area contributed by atoms with Crippen molar-refractivity contribution in [2.75, 3.05) is 18.1 Å². The topological polar surface area (TPSA) is 50.2 Å². The molecule has 5 nitrogen and oxygen atoms in total. The van der Waals surface area contributed by atoms with Gasteiger partial charge in [-0.1, -0.05) is 19.3 Å². The van der Waals surface area contributed by atoms with Crippen molar-refractivity contribution in [3.63, 3.8) is 0 Å². The highest BCUT2D eigenvalue weighted by Crippen LogP contribution is 2.32. The summed E-state index contributed by atoms with van der Waals surface area (Å²) in [4.78, 5) is 14.7. The fraction of sp³-hybridized carbons (Fsp3) is 0.800. The molecule has 0 aromatic carbocycles. The molecule has 1 aliphatic heterocycles. The summed E-state index contributed by atoms with van der Waals surface area (Å²) < 4.78 is 2.17. The van der Waals surface area contributed by atoms with Crippen molar-refractivity contribution in [2.45, 2.75) is 77.0 Å². The molecule has 3 aliphatic rings. The molecule has 4 rings (SSSR count). The van der Waals surface area contributed by atoms with E-state index in [1.54, 1.807) is 11.8 Å². The summed E-state index contributed by atoms with van der Waals surface area (Å²) in [5.74, 6) is 2.74. The number of fused-ring (bicyclic) bond motifs is 1. The third-order valence-electron chi connectivity index (χ3n) is 5.94. The van der Waals surface area contributed by atoms with Gasteiger partial charge in [0.15, 0.2) is 0 Å². The molecule has 1 aromatic rings. The van der Waals surface area contributed by atoms with Crippen molar-refractivity contribution in [3.8, 4) is 0 Å². The van der Waals surface area contributed by atoms with Gasteiger partial charge >= 0.3 is 0 Å². The van der Waals surface area contributed by atoms with E-state index in [1.165, 1.54) is 63.6 Å². The molecule has 1 aromatic heterocycles. The molecule has 2 saturated carbocycles. The first kappa shape index (κ1) is 18.4. The molecule has 0 saturated heterocycles. The zero-order valence-electron chi connectivity index (χ0n) is 15.8. The van der Waals surface area contributed by atoms with Crippen molar-refractivity contribution < 1.29 is 4.79 Å². The summed E-state index contributed by atoms with van der Waals surface area (Å²) in [5, 5.41) is 7.79. The number of thioether (sulfide) groups is 1. The first-order valence-electron chi connectivity index (χ1n) is 10.4. The highest BCUT2D eigenvalue weighted by atomic mass is 32.2. The first-order chi connectivity index (χ1) is 12.8. The van der Waals surface area contributed by atoms with E-state index < -0.39 is 0 Å². The van der Waals surface area contributed by atoms with Gasteiger partial charge in [0.25, 0.3) is 0 Å². The lowest BCUT2D eigenvalue weighted by Gasteiger charge is -2.33. The molecule has 0 radical (unpaired) electrons. The number of amides is 1. The van der Waals surface area contributed by atoms with Crippen LogP contribution in [0.25, 0.3) is 0 Å². The minimum Gasteiger partial charge on any atom is -0.350 e. The number of aryl methyl sites for hydroxylation is 1. The summed E-state index contributed by atoms with van der Waals surface area (Å²) in [6.07, 6.45) is 10.8. The van der Waals surface area contributed by atoms with Gasteiger partial charge in [-0.25, -0.2) is 0 Å². The SMILES string of the molecule is O=C(CSCC1CC1)NCc1cc2n(n1)CCCN(C1CCCCC1)C2. The van der Waals surface area contributed by atoms with E-state index in [1.807, 2.05) is 0 Å². The molecule has 2 fully saturated rings. The maximum atomic E-state index is 12.0. The normalized spacial score (nSPS) is 22.0. The first-order valence-corrected chi connectivity index (χ1v) is 11.6. The van der Waals surface area contributed by atoms with Gasteiger partial charge in [-0.2, -0.15) is 16.9 Å². The van der Waals surface area contributed by atoms with Crippen LogP contribution in [0.3, 0.4) is 0 Å². The second-order valence-corrected chi connectivity index (χ2v) is 9.23. The Morgan fingerprint density at radius 2 is 2.00 bits per heavy atom. The standard InChI is InChI=1S/C20H32N4OS/c25-20(15-26-14-16-7-8-16)21-12-17-11-19-13-23(9-4-10-24(19)22-17)18-5-2-1-3-6-18/h11,16,18H,1-10,12-15H2,(H,21,25). The number of aromatic nitrogens is 2. The van der Waals surface area contributed by atoms with Gasteiger partial charge in [0.05, 0.1) is 23.7 Å². The Labute approximate surface area is 161 Å². The molecule has 2 heterocycles. The number of hydrogen-bond donors (Lipinski definition) is 1. The second-order valence-electron chi connectivity index (χ2n) is 8.20. The smallest absolute Gasteiger partial charge is 0.230 e. The van der Waals surface area contributed by atoms with E-state index in [0.717, 1.165) is 36.5 Å². The Morgan fingerprint density at radius 3 is 2.81 bits per heavy atom. The van der Waals surface area contributed by atoms with Gasteiger partial charge in [0.1, 0.15) is 0 Å². The number of carbonyl (C=O) groups is 1. The predicted octanol–water partition coefficient (Wildman–Crippen LogP) is 3.18. The van der Waals surface area contributed by atoms with Crippen LogP contribution in [0.2, 0.25) is 0 Å². The summed E-state index contributed by atoms with van der Waals surface area (Å²) in [6, 6.07) is 2.97. The number of rotatable bonds is 7. The van der Waals surface area contributed by atoms with Gasteiger partial charge in [-0.15, -0.1) is 0 Å². The predicted molar refractivity (Wildman–Crippen MR) is 106 cm³/mol. The maximum Gasteiger partial charge on any atom is 0.230 e. The molecule has 26 heavy (non-hydrogen) atoms. The lowest BCUT2D eigenvalue weighted by atomic mass is 9.94. The molecular formula is C20H32N4OS. The Kier molecular flexibility index (Phi) is 6.20. The zero-order chi connectivity index (χ0) is 17.8. The Morgan fingerprint density at radius 1 is 1.15 bits per heavy atom. The quantitative estimate of drug-likeness (QED) is 0.794. The highest BCUT2D eigenvalue weighted by Gasteiger charge is 2.25. The lowest BCUT2D eigenvalue weighted by Crippen LogP contribution is -2.36. The van der Waals surface area contributed by atoms with Crippen molar-refractivity contribution in [1.82, 2.24) is 20.0 Å². The van der Waals surface area contributed by atoms with E-state index in [0.29, 0.717) is 12.3 Å². The number of hydrogen-bond acceptors (Lipinski definition) is 4. The minimum absolute atomic E-state index is 0.141. The molecule has 1 amide bonds. The molecule has 6 heteroatoms. The Hall–Kier alpha value is -1.01. The van der Waals surface area contributed by atoms with E-state index in [2.05, 4.69) is 21.0 Å². The summed E-state index contributed by atoms with van der Waals surface area (Å²) in [6.45, 7) is 3.77. The van der Waals surface area contributed by atoms with Crippen molar-refractivity contribution in [3.05, 3.63) is 17.5 Å². The van der Waals surface area contributed by atoms with Crippen molar-refractivity contribution in [1.29, 1.82) is 0 Å². The van der Waals surface area contributed by atoms with Gasteiger partial charge in [-0.05, 0) is 49.8 Å². The van der Waals surface area contributed by atoms with Gasteiger partial charge in [0.2, 0.25) is 5.91 Å². The average molecular weight is 377 g/mol. The lowest BCUT2D eigenvalue weighted by molar-refractivity contribution is -0.118. The number of carbonyl (C=O) groups excluding carboxylic acids is 1. The summed E-state index contributed by atoms with van der Waals surface area (Å²) in [5.41, 5.74) is 2.33. The van der Waals surface area contributed by atoms with Crippen LogP contribution < -0.4 is 5.32 Å². The number of nitrogens with zero attached hydrogens (tertiary/aromatic N) is 3. The second kappa shape index (κ2) is 8.79. The molecule has 0 bridgehead atoms. The average Bonchev–Trinajstić information content (AvgIpc) is 3.44. The maximum absolute atomic E-state index is 12.0. The van der Waals surface area contributed by atoms with Gasteiger partial charge < -0.3 is 5.32 Å². The molecule has 0 atom stereocenters. The van der Waals surface area contributed by atoms with Gasteiger partial charge in [-0.3, -0.25) is 14.4 Å². The Balaban J connectivity index is 1.27. The van der Waals surface area contributed by atoms with Crippen molar-refractivity contribution in [2.24, 2.45) is 5.92 Å². The molecule has 2 aliphatic carbocycles. The molecule has 1 N–H and O–H groups in total. The number of nitrogens with one attached hydrogen (secondary N) is 1. The van der Waals surface area contributed by atoms with Crippen LogP contribution in [0.15, 0.2) is 6.07 Å². The van der Waals surface area contributed by atoms with Crippen LogP contribution in [-0.2, 0) is 24.4 Å². The zero-order valence-corrected chi connectivity index (χ0v) is 16.6. The monoisotopic (exact) mass is 376 g/mol. The molecular weight excluding hydrogens is 344 g/mol. The molecule has 144 valence electrons. The van der Waals surface area contributed by atoms with Crippen molar-refractivity contribution >= 4 is 17.7 Å². The van der Waals surface area contributed by atoms with Crippen LogP contribution in [0.5, 0.6) is 0 Å². The summed E-state index contributed by atoms with van der Waals surface area (Å²) in [7, 11) is 0. The van der Waals surface area contributed by atoms with Crippen LogP contribution in [0.1, 0.15) is 62.8 Å². The molecule has 0 spiro atoms. The van der Waals surface area contributed by atoms with Crippen LogP contribution in [0.4, 0.5) is 0 Å². The third kappa shape index (κ3) is 5.03. The van der Waals surface area contributed by atoms with Crippen LogP contribution in [0, 0.1) is 5.92 Å². The van der Waals surface area contributed by atoms with E-state index in [9.17, 15) is 4.79 Å². The summed E-state index contributed by atoms with van der Waals surface area (Å²) >= 11 is 1.77. The largest absolute Gasteiger partial charge is 0.350 e. The van der Waals surface area contributed by atoms with E-state index >= 15 is 0 Å². The Bertz CT molecular complexity index is 607. The third-order valence-corrected chi connectivity index (χ3v) is 7.11. The fourth-order valence-corrected chi connectivity index (χ4v) is 5.31. The highest BCUT2D eigenvalue weighted by molar-refractivity contribution is 7.99. The fourth-order valence-electron chi connectivity index (χ4n) is 4.23. The van der Waals surface area contributed by atoms with Crippen LogP contribution in [-0.4, -0.2) is 44.7 Å². The van der Waals surface area contributed by atoms with E-state index in [-0.39, 0.29) is 5.91 Å². The minimum atomic E-state index is 0.141. The van der Waals surface area contributed by atoms with Gasteiger partial charge in [0, 0.05) is 25.7 Å². The van der Waals surface area contributed by atoms with Crippen LogP contribution >= 0.6 is 11.8 Å². The van der Waals surface area contributed by atoms with E-state index in [4.69, 9.17) is 5.10 Å².